The van der Waals surface area contributed by atoms with Crippen LogP contribution >= 0.6 is 0 Å². The molecule has 0 radical (unpaired) electrons. The predicted molar refractivity (Wildman–Crippen MR) is 85.4 cm³/mol. The third-order valence-corrected chi connectivity index (χ3v) is 4.27. The summed E-state index contributed by atoms with van der Waals surface area (Å²) < 4.78 is 7.27. The summed E-state index contributed by atoms with van der Waals surface area (Å²) >= 11 is 0. The molecule has 0 aliphatic carbocycles. The molecule has 0 amide bonds. The van der Waals surface area contributed by atoms with Gasteiger partial charge in [-0.15, -0.1) is 0 Å². The fourth-order valence-electron chi connectivity index (χ4n) is 3.16. The van der Waals surface area contributed by atoms with Gasteiger partial charge in [0.25, 0.3) is 0 Å². The molecule has 0 aromatic carbocycles. The van der Waals surface area contributed by atoms with Crippen molar-refractivity contribution in [2.75, 3.05) is 11.4 Å². The van der Waals surface area contributed by atoms with Gasteiger partial charge in [-0.1, -0.05) is 19.0 Å². The molecule has 1 atom stereocenters. The minimum absolute atomic E-state index is 0.111. The molecule has 4 rings (SSSR count). The molecular weight excluding hydrogens is 292 g/mol. The molecule has 1 saturated heterocycles. The van der Waals surface area contributed by atoms with Crippen LogP contribution in [0.4, 0.5) is 5.82 Å². The summed E-state index contributed by atoms with van der Waals surface area (Å²) in [6.45, 7) is 7.04. The van der Waals surface area contributed by atoms with Crippen molar-refractivity contribution in [3.8, 4) is 0 Å². The van der Waals surface area contributed by atoms with Crippen LogP contribution in [-0.4, -0.2) is 31.3 Å². The quantitative estimate of drug-likeness (QED) is 0.740. The van der Waals surface area contributed by atoms with E-state index in [9.17, 15) is 0 Å². The molecule has 120 valence electrons. The van der Waals surface area contributed by atoms with Gasteiger partial charge in [-0.2, -0.15) is 10.1 Å². The SMILES string of the molecule is Cc1cc2c(N3CCCC3c3noc(C(C)C)n3)nccn2n1. The molecule has 0 saturated carbocycles. The van der Waals surface area contributed by atoms with Crippen molar-refractivity contribution < 1.29 is 4.52 Å². The standard InChI is InChI=1S/C16H20N6O/c1-10(2)16-18-14(20-23-16)12-5-4-7-21(12)15-13-9-11(3)19-22(13)8-6-17-15/h6,8-10,12H,4-5,7H2,1-3H3. The molecule has 1 aliphatic rings. The maximum atomic E-state index is 5.39. The van der Waals surface area contributed by atoms with Crippen LogP contribution in [-0.2, 0) is 0 Å². The Morgan fingerprint density at radius 3 is 3.00 bits per heavy atom. The second kappa shape index (κ2) is 5.33. The Balaban J connectivity index is 1.74. The number of rotatable bonds is 3. The van der Waals surface area contributed by atoms with Gasteiger partial charge < -0.3 is 9.42 Å². The van der Waals surface area contributed by atoms with Crippen LogP contribution in [0.2, 0.25) is 0 Å². The van der Waals surface area contributed by atoms with Gasteiger partial charge >= 0.3 is 0 Å². The van der Waals surface area contributed by atoms with Gasteiger partial charge in [0.1, 0.15) is 5.52 Å². The maximum absolute atomic E-state index is 5.39. The lowest BCUT2D eigenvalue weighted by Gasteiger charge is -2.23. The second-order valence-electron chi connectivity index (χ2n) is 6.36. The van der Waals surface area contributed by atoms with Crippen LogP contribution in [0.15, 0.2) is 23.0 Å². The van der Waals surface area contributed by atoms with Crippen LogP contribution in [0.3, 0.4) is 0 Å². The highest BCUT2D eigenvalue weighted by Gasteiger charge is 2.32. The Hall–Kier alpha value is -2.44. The Labute approximate surface area is 134 Å². The van der Waals surface area contributed by atoms with Crippen LogP contribution in [0.25, 0.3) is 5.52 Å². The van der Waals surface area contributed by atoms with Gasteiger partial charge in [0.2, 0.25) is 5.89 Å². The average Bonchev–Trinajstić information content (AvgIpc) is 3.24. The number of aromatic nitrogens is 5. The van der Waals surface area contributed by atoms with E-state index >= 15 is 0 Å². The number of nitrogens with zero attached hydrogens (tertiary/aromatic N) is 6. The Morgan fingerprint density at radius 2 is 2.22 bits per heavy atom. The van der Waals surface area contributed by atoms with Crippen molar-refractivity contribution in [3.63, 3.8) is 0 Å². The zero-order chi connectivity index (χ0) is 16.0. The van der Waals surface area contributed by atoms with Gasteiger partial charge in [-0.25, -0.2) is 9.50 Å². The Kier molecular flexibility index (Phi) is 3.28. The third-order valence-electron chi connectivity index (χ3n) is 4.27. The van der Waals surface area contributed by atoms with Crippen LogP contribution in [0, 0.1) is 6.92 Å². The van der Waals surface area contributed by atoms with Crippen molar-refractivity contribution >= 4 is 11.3 Å². The van der Waals surface area contributed by atoms with Crippen molar-refractivity contribution in [1.82, 2.24) is 24.7 Å². The van der Waals surface area contributed by atoms with E-state index in [0.29, 0.717) is 5.89 Å². The highest BCUT2D eigenvalue weighted by molar-refractivity contribution is 5.69. The molecule has 1 aliphatic heterocycles. The number of anilines is 1. The third kappa shape index (κ3) is 2.36. The topological polar surface area (TPSA) is 72.4 Å². The molecule has 23 heavy (non-hydrogen) atoms. The summed E-state index contributed by atoms with van der Waals surface area (Å²) in [5, 5.41) is 8.67. The predicted octanol–water partition coefficient (Wildman–Crippen LogP) is 2.89. The van der Waals surface area contributed by atoms with Crippen LogP contribution in [0.5, 0.6) is 0 Å². The van der Waals surface area contributed by atoms with E-state index in [1.165, 1.54) is 0 Å². The van der Waals surface area contributed by atoms with E-state index in [1.807, 2.05) is 17.6 Å². The highest BCUT2D eigenvalue weighted by Crippen LogP contribution is 2.36. The van der Waals surface area contributed by atoms with Crippen molar-refractivity contribution in [2.24, 2.45) is 0 Å². The first kappa shape index (κ1) is 14.2. The first-order valence-electron chi connectivity index (χ1n) is 8.04. The van der Waals surface area contributed by atoms with E-state index in [4.69, 9.17) is 4.52 Å². The fraction of sp³-hybridized carbons (Fsp3) is 0.500. The van der Waals surface area contributed by atoms with Crippen LogP contribution in [0.1, 0.15) is 56.1 Å². The normalized spacial score (nSPS) is 18.4. The highest BCUT2D eigenvalue weighted by atomic mass is 16.5. The number of aryl methyl sites for hydroxylation is 1. The molecule has 7 nitrogen and oxygen atoms in total. The van der Waals surface area contributed by atoms with E-state index in [-0.39, 0.29) is 12.0 Å². The molecule has 1 fully saturated rings. The van der Waals surface area contributed by atoms with E-state index in [0.717, 1.165) is 42.2 Å². The van der Waals surface area contributed by atoms with Crippen molar-refractivity contribution in [1.29, 1.82) is 0 Å². The summed E-state index contributed by atoms with van der Waals surface area (Å²) in [6, 6.07) is 2.17. The molecule has 3 aromatic rings. The summed E-state index contributed by atoms with van der Waals surface area (Å²) in [5.74, 6) is 2.63. The largest absolute Gasteiger partial charge is 0.344 e. The first-order chi connectivity index (χ1) is 11.1. The fourth-order valence-corrected chi connectivity index (χ4v) is 3.16. The first-order valence-corrected chi connectivity index (χ1v) is 8.04. The molecular formula is C16H20N6O. The number of hydrogen-bond donors (Lipinski definition) is 0. The molecule has 4 heterocycles. The van der Waals surface area contributed by atoms with E-state index in [1.54, 1.807) is 6.20 Å². The molecule has 3 aromatic heterocycles. The van der Waals surface area contributed by atoms with Crippen molar-refractivity contribution in [3.05, 3.63) is 35.9 Å². The van der Waals surface area contributed by atoms with Gasteiger partial charge in [0.15, 0.2) is 11.6 Å². The lowest BCUT2D eigenvalue weighted by atomic mass is 10.2. The molecule has 0 spiro atoms. The minimum atomic E-state index is 0.111. The zero-order valence-electron chi connectivity index (χ0n) is 13.6. The molecule has 0 bridgehead atoms. The Morgan fingerprint density at radius 1 is 1.35 bits per heavy atom. The monoisotopic (exact) mass is 312 g/mol. The molecule has 7 heteroatoms. The summed E-state index contributed by atoms with van der Waals surface area (Å²) in [5.41, 5.74) is 2.00. The maximum Gasteiger partial charge on any atom is 0.229 e. The zero-order valence-corrected chi connectivity index (χ0v) is 13.6. The Bertz CT molecular complexity index is 836. The van der Waals surface area contributed by atoms with E-state index < -0.39 is 0 Å². The number of fused-ring (bicyclic) bond motifs is 1. The van der Waals surface area contributed by atoms with Crippen LogP contribution < -0.4 is 4.90 Å². The molecule has 0 N–H and O–H groups in total. The summed E-state index contributed by atoms with van der Waals surface area (Å²) in [7, 11) is 0. The van der Waals surface area contributed by atoms with Crippen molar-refractivity contribution in [2.45, 2.75) is 45.6 Å². The molecule has 1 unspecified atom stereocenters. The summed E-state index contributed by atoms with van der Waals surface area (Å²) in [4.78, 5) is 11.5. The van der Waals surface area contributed by atoms with Gasteiger partial charge in [0, 0.05) is 24.9 Å². The number of hydrogen-bond acceptors (Lipinski definition) is 6. The minimum Gasteiger partial charge on any atom is -0.344 e. The lowest BCUT2D eigenvalue weighted by molar-refractivity contribution is 0.358. The van der Waals surface area contributed by atoms with Gasteiger partial charge in [-0.3, -0.25) is 0 Å². The van der Waals surface area contributed by atoms with E-state index in [2.05, 4.69) is 45.0 Å². The average molecular weight is 312 g/mol. The second-order valence-corrected chi connectivity index (χ2v) is 6.36. The van der Waals surface area contributed by atoms with Gasteiger partial charge in [-0.05, 0) is 25.8 Å². The lowest BCUT2D eigenvalue weighted by Crippen LogP contribution is -2.25. The smallest absolute Gasteiger partial charge is 0.229 e. The van der Waals surface area contributed by atoms with Gasteiger partial charge in [0.05, 0.1) is 11.7 Å². The summed E-state index contributed by atoms with van der Waals surface area (Å²) in [6.07, 6.45) is 5.76.